The molecule has 8 nitrogen and oxygen atoms in total. The molecule has 0 aliphatic carbocycles. The molecule has 1 amide bonds. The van der Waals surface area contributed by atoms with Crippen molar-refractivity contribution >= 4 is 17.6 Å². The Labute approximate surface area is 139 Å². The van der Waals surface area contributed by atoms with Crippen LogP contribution in [0.15, 0.2) is 30.6 Å². The second-order valence-corrected chi connectivity index (χ2v) is 5.42. The number of aryl methyl sites for hydroxylation is 1. The van der Waals surface area contributed by atoms with E-state index >= 15 is 0 Å². The van der Waals surface area contributed by atoms with E-state index < -0.39 is 12.1 Å². The van der Waals surface area contributed by atoms with Gasteiger partial charge in [-0.1, -0.05) is 12.1 Å². The van der Waals surface area contributed by atoms with Gasteiger partial charge in [0.2, 0.25) is 0 Å². The number of para-hydroxylation sites is 2. The minimum atomic E-state index is -0.880. The lowest BCUT2D eigenvalue weighted by atomic mass is 10.1. The molecule has 1 atom stereocenters. The summed E-state index contributed by atoms with van der Waals surface area (Å²) in [4.78, 5) is 25.9. The van der Waals surface area contributed by atoms with Gasteiger partial charge in [0, 0.05) is 13.1 Å². The average molecular weight is 330 g/mol. The summed E-state index contributed by atoms with van der Waals surface area (Å²) in [5, 5.41) is 7.77. The zero-order valence-corrected chi connectivity index (χ0v) is 13.5. The Morgan fingerprint density at radius 3 is 2.83 bits per heavy atom. The maximum absolute atomic E-state index is 12.7. The molecular formula is C16H18N4O4. The quantitative estimate of drug-likeness (QED) is 0.759. The molecule has 2 heterocycles. The Hall–Kier alpha value is -2.90. The summed E-state index contributed by atoms with van der Waals surface area (Å²) in [5.74, 6) is 0.605. The van der Waals surface area contributed by atoms with Gasteiger partial charge < -0.3 is 18.9 Å². The molecule has 0 bridgehead atoms. The Morgan fingerprint density at radius 1 is 1.33 bits per heavy atom. The Morgan fingerprint density at radius 2 is 2.12 bits per heavy atom. The van der Waals surface area contributed by atoms with Crippen LogP contribution in [-0.2, 0) is 20.9 Å². The molecule has 0 radical (unpaired) electrons. The predicted octanol–water partition coefficient (Wildman–Crippen LogP) is 0.944. The molecule has 3 rings (SSSR count). The van der Waals surface area contributed by atoms with E-state index in [1.807, 2.05) is 29.7 Å². The molecular weight excluding hydrogens is 312 g/mol. The first-order chi connectivity index (χ1) is 11.6. The number of nitrogens with zero attached hydrogens (tertiary/aromatic N) is 4. The molecule has 24 heavy (non-hydrogen) atoms. The van der Waals surface area contributed by atoms with E-state index in [1.165, 1.54) is 7.11 Å². The van der Waals surface area contributed by atoms with Crippen LogP contribution in [0, 0.1) is 6.92 Å². The monoisotopic (exact) mass is 330 g/mol. The molecule has 1 aromatic carbocycles. The standard InChI is InChI=1S/C16H18N4O4/c1-11-18-17-10-19(11)7-8-20-12-5-3-4-6-13(12)24-14(16(20)22)9-15(21)23-2/h3-6,10,14H,7-9H2,1-2H3/t14-/m0/s1. The van der Waals surface area contributed by atoms with Gasteiger partial charge in [-0.05, 0) is 19.1 Å². The molecule has 1 aromatic heterocycles. The first kappa shape index (κ1) is 16.0. The number of carbonyl (C=O) groups is 2. The number of hydrogen-bond donors (Lipinski definition) is 0. The molecule has 1 aliphatic rings. The molecule has 0 saturated heterocycles. The SMILES string of the molecule is COC(=O)C[C@@H]1Oc2ccccc2N(CCn2cnnc2C)C1=O. The normalized spacial score (nSPS) is 16.5. The highest BCUT2D eigenvalue weighted by molar-refractivity contribution is 6.01. The third kappa shape index (κ3) is 3.08. The smallest absolute Gasteiger partial charge is 0.309 e. The fourth-order valence-electron chi connectivity index (χ4n) is 2.61. The fraction of sp³-hybridized carbons (Fsp3) is 0.375. The van der Waals surface area contributed by atoms with E-state index in [0.29, 0.717) is 24.5 Å². The van der Waals surface area contributed by atoms with Crippen LogP contribution in [0.5, 0.6) is 5.75 Å². The molecule has 0 saturated carbocycles. The van der Waals surface area contributed by atoms with Crippen LogP contribution in [-0.4, -0.2) is 46.4 Å². The van der Waals surface area contributed by atoms with Gasteiger partial charge in [0.25, 0.3) is 5.91 Å². The van der Waals surface area contributed by atoms with Gasteiger partial charge in [0.05, 0.1) is 19.2 Å². The second kappa shape index (κ2) is 6.69. The zero-order chi connectivity index (χ0) is 17.1. The second-order valence-electron chi connectivity index (χ2n) is 5.42. The van der Waals surface area contributed by atoms with Crippen LogP contribution in [0.25, 0.3) is 0 Å². The van der Waals surface area contributed by atoms with Gasteiger partial charge in [-0.2, -0.15) is 0 Å². The lowest BCUT2D eigenvalue weighted by Crippen LogP contribution is -2.48. The number of hydrogen-bond acceptors (Lipinski definition) is 6. The number of aromatic nitrogens is 3. The van der Waals surface area contributed by atoms with E-state index in [2.05, 4.69) is 14.9 Å². The highest BCUT2D eigenvalue weighted by Gasteiger charge is 2.35. The zero-order valence-electron chi connectivity index (χ0n) is 13.5. The van der Waals surface area contributed by atoms with Crippen molar-refractivity contribution in [2.24, 2.45) is 0 Å². The van der Waals surface area contributed by atoms with Gasteiger partial charge in [-0.25, -0.2) is 0 Å². The Kier molecular flexibility index (Phi) is 4.45. The number of fused-ring (bicyclic) bond motifs is 1. The first-order valence-corrected chi connectivity index (χ1v) is 7.58. The van der Waals surface area contributed by atoms with Crippen LogP contribution >= 0.6 is 0 Å². The van der Waals surface area contributed by atoms with Crippen molar-refractivity contribution in [2.45, 2.75) is 26.0 Å². The largest absolute Gasteiger partial charge is 0.478 e. The van der Waals surface area contributed by atoms with Gasteiger partial charge in [0.15, 0.2) is 6.10 Å². The van der Waals surface area contributed by atoms with Crippen LogP contribution < -0.4 is 9.64 Å². The number of esters is 1. The summed E-state index contributed by atoms with van der Waals surface area (Å²) in [7, 11) is 1.29. The average Bonchev–Trinajstić information content (AvgIpc) is 3.00. The number of anilines is 1. The molecule has 0 N–H and O–H groups in total. The molecule has 8 heteroatoms. The van der Waals surface area contributed by atoms with Gasteiger partial charge in [-0.15, -0.1) is 10.2 Å². The van der Waals surface area contributed by atoms with Crippen molar-refractivity contribution in [1.82, 2.24) is 14.8 Å². The molecule has 2 aromatic rings. The van der Waals surface area contributed by atoms with Crippen LogP contribution in [0.1, 0.15) is 12.2 Å². The van der Waals surface area contributed by atoms with E-state index in [0.717, 1.165) is 5.82 Å². The van der Waals surface area contributed by atoms with Crippen molar-refractivity contribution in [3.8, 4) is 5.75 Å². The van der Waals surface area contributed by atoms with E-state index in [1.54, 1.807) is 17.3 Å². The summed E-state index contributed by atoms with van der Waals surface area (Å²) < 4.78 is 12.2. The van der Waals surface area contributed by atoms with Gasteiger partial charge in [0.1, 0.15) is 17.9 Å². The highest BCUT2D eigenvalue weighted by Crippen LogP contribution is 2.34. The van der Waals surface area contributed by atoms with Crippen LogP contribution in [0.3, 0.4) is 0 Å². The summed E-state index contributed by atoms with van der Waals surface area (Å²) in [6.45, 7) is 2.82. The van der Waals surface area contributed by atoms with Crippen LogP contribution in [0.2, 0.25) is 0 Å². The third-order valence-corrected chi connectivity index (χ3v) is 3.92. The highest BCUT2D eigenvalue weighted by atomic mass is 16.5. The van der Waals surface area contributed by atoms with Crippen molar-refractivity contribution < 1.29 is 19.1 Å². The van der Waals surface area contributed by atoms with Crippen LogP contribution in [0.4, 0.5) is 5.69 Å². The Bertz CT molecular complexity index is 758. The van der Waals surface area contributed by atoms with Crippen molar-refractivity contribution in [3.63, 3.8) is 0 Å². The molecule has 0 unspecified atom stereocenters. The lowest BCUT2D eigenvalue weighted by molar-refractivity contribution is -0.145. The summed E-state index contributed by atoms with van der Waals surface area (Å²) in [6.07, 6.45) is 0.624. The molecule has 0 fully saturated rings. The summed E-state index contributed by atoms with van der Waals surface area (Å²) in [5.41, 5.74) is 0.689. The number of rotatable bonds is 5. The lowest BCUT2D eigenvalue weighted by Gasteiger charge is -2.34. The van der Waals surface area contributed by atoms with Gasteiger partial charge >= 0.3 is 5.97 Å². The van der Waals surface area contributed by atoms with E-state index in [4.69, 9.17) is 4.74 Å². The molecule has 126 valence electrons. The van der Waals surface area contributed by atoms with Crippen molar-refractivity contribution in [2.75, 3.05) is 18.6 Å². The maximum atomic E-state index is 12.7. The minimum Gasteiger partial charge on any atom is -0.478 e. The number of methoxy groups -OCH3 is 1. The van der Waals surface area contributed by atoms with Crippen molar-refractivity contribution in [1.29, 1.82) is 0 Å². The van der Waals surface area contributed by atoms with Crippen molar-refractivity contribution in [3.05, 3.63) is 36.4 Å². The summed E-state index contributed by atoms with van der Waals surface area (Å²) >= 11 is 0. The number of benzene rings is 1. The molecule has 1 aliphatic heterocycles. The molecule has 0 spiro atoms. The van der Waals surface area contributed by atoms with E-state index in [9.17, 15) is 9.59 Å². The number of amides is 1. The fourth-order valence-corrected chi connectivity index (χ4v) is 2.61. The van der Waals surface area contributed by atoms with E-state index in [-0.39, 0.29) is 12.3 Å². The number of ether oxygens (including phenoxy) is 2. The Balaban J connectivity index is 1.83. The first-order valence-electron chi connectivity index (χ1n) is 7.58. The predicted molar refractivity (Wildman–Crippen MR) is 84.6 cm³/mol. The third-order valence-electron chi connectivity index (χ3n) is 3.92. The minimum absolute atomic E-state index is 0.119. The number of carbonyl (C=O) groups excluding carboxylic acids is 2. The maximum Gasteiger partial charge on any atom is 0.309 e. The summed E-state index contributed by atoms with van der Waals surface area (Å²) in [6, 6.07) is 7.27. The van der Waals surface area contributed by atoms with Gasteiger partial charge in [-0.3, -0.25) is 9.59 Å². The topological polar surface area (TPSA) is 86.6 Å².